The van der Waals surface area contributed by atoms with Gasteiger partial charge in [-0.15, -0.1) is 0 Å². The van der Waals surface area contributed by atoms with Crippen molar-refractivity contribution in [2.24, 2.45) is 0 Å². The Hall–Kier alpha value is -2.86. The Morgan fingerprint density at radius 1 is 1.00 bits per heavy atom. The molecule has 0 aliphatic heterocycles. The highest BCUT2D eigenvalue weighted by Gasteiger charge is 2.21. The second-order valence-electron chi connectivity index (χ2n) is 5.73. The lowest BCUT2D eigenvalue weighted by Gasteiger charge is -2.16. The molecule has 0 radical (unpaired) electrons. The molecular formula is C20H18N2O3S. The molecule has 0 fully saturated rings. The summed E-state index contributed by atoms with van der Waals surface area (Å²) in [6.45, 7) is 3.31. The normalized spacial score (nSPS) is 13.0. The number of esters is 1. The van der Waals surface area contributed by atoms with Gasteiger partial charge in [-0.05, 0) is 43.3 Å². The first kappa shape index (κ1) is 17.9. The number of carbonyl (C=O) groups excluding carboxylic acids is 1. The van der Waals surface area contributed by atoms with Crippen LogP contribution < -0.4 is 0 Å². The molecule has 6 heteroatoms. The molecule has 2 heterocycles. The molecule has 2 aromatic heterocycles. The minimum atomic E-state index is -1.42. The highest BCUT2D eigenvalue weighted by atomic mass is 32.2. The van der Waals surface area contributed by atoms with Crippen LogP contribution in [0.25, 0.3) is 0 Å². The fourth-order valence-electron chi connectivity index (χ4n) is 2.43. The first-order chi connectivity index (χ1) is 12.5. The second kappa shape index (κ2) is 8.01. The molecule has 0 saturated carbocycles. The van der Waals surface area contributed by atoms with Crippen LogP contribution in [-0.4, -0.2) is 20.1 Å². The monoisotopic (exact) mass is 366 g/mol. The number of aryl methyl sites for hydroxylation is 1. The van der Waals surface area contributed by atoms with Crippen molar-refractivity contribution < 1.29 is 13.7 Å². The molecule has 0 bridgehead atoms. The standard InChI is InChI=1S/C20H18N2O3S/c1-14-9-11-16(12-10-14)26(24)19-8-5-7-18(22-19)20(25-15(2)23)17-6-3-4-13-21-17/h3-13,20H,1-2H3. The van der Waals surface area contributed by atoms with Crippen molar-refractivity contribution >= 4 is 16.8 Å². The summed E-state index contributed by atoms with van der Waals surface area (Å²) in [4.78, 5) is 20.9. The van der Waals surface area contributed by atoms with Crippen LogP contribution in [-0.2, 0) is 20.3 Å². The number of carbonyl (C=O) groups is 1. The number of benzene rings is 1. The van der Waals surface area contributed by atoms with Crippen LogP contribution in [0.3, 0.4) is 0 Å². The Balaban J connectivity index is 1.97. The van der Waals surface area contributed by atoms with E-state index < -0.39 is 22.9 Å². The second-order valence-corrected chi connectivity index (χ2v) is 7.15. The van der Waals surface area contributed by atoms with Crippen molar-refractivity contribution in [2.75, 3.05) is 0 Å². The zero-order chi connectivity index (χ0) is 18.5. The Kier molecular flexibility index (Phi) is 5.53. The molecular weight excluding hydrogens is 348 g/mol. The van der Waals surface area contributed by atoms with E-state index >= 15 is 0 Å². The fourth-order valence-corrected chi connectivity index (χ4v) is 3.45. The molecule has 26 heavy (non-hydrogen) atoms. The van der Waals surface area contributed by atoms with Crippen molar-refractivity contribution in [3.63, 3.8) is 0 Å². The Labute approximate surface area is 154 Å². The zero-order valence-electron chi connectivity index (χ0n) is 14.5. The lowest BCUT2D eigenvalue weighted by atomic mass is 10.1. The van der Waals surface area contributed by atoms with Crippen LogP contribution in [0.5, 0.6) is 0 Å². The molecule has 0 amide bonds. The third-order valence-electron chi connectivity index (χ3n) is 3.68. The van der Waals surface area contributed by atoms with E-state index in [0.717, 1.165) is 5.56 Å². The van der Waals surface area contributed by atoms with Gasteiger partial charge in [0.1, 0.15) is 15.8 Å². The third kappa shape index (κ3) is 4.21. The van der Waals surface area contributed by atoms with Gasteiger partial charge >= 0.3 is 5.97 Å². The highest BCUT2D eigenvalue weighted by Crippen LogP contribution is 2.25. The Bertz CT molecular complexity index is 927. The molecule has 0 aliphatic carbocycles. The smallest absolute Gasteiger partial charge is 0.303 e. The van der Waals surface area contributed by atoms with E-state index in [0.29, 0.717) is 21.3 Å². The fraction of sp³-hybridized carbons (Fsp3) is 0.150. The van der Waals surface area contributed by atoms with E-state index in [1.54, 1.807) is 36.5 Å². The zero-order valence-corrected chi connectivity index (χ0v) is 15.3. The maximum Gasteiger partial charge on any atom is 0.303 e. The van der Waals surface area contributed by atoms with Crippen molar-refractivity contribution in [3.8, 4) is 0 Å². The number of ether oxygens (including phenoxy) is 1. The summed E-state index contributed by atoms with van der Waals surface area (Å²) in [6, 6.07) is 18.0. The number of aromatic nitrogens is 2. The molecule has 5 nitrogen and oxygen atoms in total. The summed E-state index contributed by atoms with van der Waals surface area (Å²) in [7, 11) is -1.42. The first-order valence-electron chi connectivity index (χ1n) is 8.08. The summed E-state index contributed by atoms with van der Waals surface area (Å²) >= 11 is 0. The van der Waals surface area contributed by atoms with Crippen molar-refractivity contribution in [2.45, 2.75) is 29.9 Å². The van der Waals surface area contributed by atoms with Gasteiger partial charge in [-0.2, -0.15) is 0 Å². The van der Waals surface area contributed by atoms with Gasteiger partial charge in [0.15, 0.2) is 6.10 Å². The van der Waals surface area contributed by atoms with E-state index in [1.807, 2.05) is 37.3 Å². The molecule has 0 aliphatic rings. The Morgan fingerprint density at radius 2 is 1.73 bits per heavy atom. The SMILES string of the molecule is CC(=O)OC(c1ccccn1)c1cccc(S(=O)c2ccc(C)cc2)n1. The molecule has 3 aromatic rings. The summed E-state index contributed by atoms with van der Waals surface area (Å²) in [6.07, 6.45) is 0.879. The molecule has 0 spiro atoms. The summed E-state index contributed by atoms with van der Waals surface area (Å²) in [5.41, 5.74) is 2.14. The van der Waals surface area contributed by atoms with Crippen LogP contribution in [0, 0.1) is 6.92 Å². The lowest BCUT2D eigenvalue weighted by molar-refractivity contribution is -0.145. The highest BCUT2D eigenvalue weighted by molar-refractivity contribution is 7.85. The molecule has 0 N–H and O–H groups in total. The predicted molar refractivity (Wildman–Crippen MR) is 97.9 cm³/mol. The van der Waals surface area contributed by atoms with Crippen LogP contribution in [0.4, 0.5) is 0 Å². The maximum absolute atomic E-state index is 12.8. The molecule has 1 aromatic carbocycles. The van der Waals surface area contributed by atoms with Crippen LogP contribution in [0.2, 0.25) is 0 Å². The van der Waals surface area contributed by atoms with Crippen molar-refractivity contribution in [3.05, 3.63) is 83.8 Å². The molecule has 132 valence electrons. The van der Waals surface area contributed by atoms with E-state index in [-0.39, 0.29) is 0 Å². The first-order valence-corrected chi connectivity index (χ1v) is 9.23. The minimum Gasteiger partial charge on any atom is -0.449 e. The molecule has 3 rings (SSSR count). The van der Waals surface area contributed by atoms with Gasteiger partial charge in [0.25, 0.3) is 0 Å². The van der Waals surface area contributed by atoms with Crippen LogP contribution in [0.15, 0.2) is 76.8 Å². The molecule has 2 atom stereocenters. The average molecular weight is 366 g/mol. The summed E-state index contributed by atoms with van der Waals surface area (Å²) < 4.78 is 18.2. The quantitative estimate of drug-likeness (QED) is 0.645. The minimum absolute atomic E-state index is 0.402. The van der Waals surface area contributed by atoms with Gasteiger partial charge in [-0.25, -0.2) is 9.19 Å². The Morgan fingerprint density at radius 3 is 2.38 bits per heavy atom. The maximum atomic E-state index is 12.8. The number of nitrogens with zero attached hydrogens (tertiary/aromatic N) is 2. The van der Waals surface area contributed by atoms with Gasteiger partial charge in [0.05, 0.1) is 11.4 Å². The van der Waals surface area contributed by atoms with Crippen LogP contribution >= 0.6 is 0 Å². The summed E-state index contributed by atoms with van der Waals surface area (Å²) in [5, 5.41) is 0.402. The topological polar surface area (TPSA) is 69.2 Å². The van der Waals surface area contributed by atoms with Crippen LogP contribution in [0.1, 0.15) is 30.0 Å². The number of pyridine rings is 2. The van der Waals surface area contributed by atoms with Crippen molar-refractivity contribution in [1.29, 1.82) is 0 Å². The van der Waals surface area contributed by atoms with E-state index in [4.69, 9.17) is 4.74 Å². The van der Waals surface area contributed by atoms with E-state index in [2.05, 4.69) is 9.97 Å². The molecule has 0 saturated heterocycles. The van der Waals surface area contributed by atoms with Gasteiger partial charge in [-0.1, -0.05) is 29.8 Å². The van der Waals surface area contributed by atoms with E-state index in [1.165, 1.54) is 6.92 Å². The van der Waals surface area contributed by atoms with Gasteiger partial charge in [0.2, 0.25) is 0 Å². The lowest BCUT2D eigenvalue weighted by Crippen LogP contribution is -2.13. The van der Waals surface area contributed by atoms with Gasteiger partial charge in [-0.3, -0.25) is 9.78 Å². The van der Waals surface area contributed by atoms with E-state index in [9.17, 15) is 9.00 Å². The predicted octanol–water partition coefficient (Wildman–Crippen LogP) is 3.60. The van der Waals surface area contributed by atoms with Gasteiger partial charge < -0.3 is 4.74 Å². The number of rotatable bonds is 5. The third-order valence-corrected chi connectivity index (χ3v) is 4.99. The van der Waals surface area contributed by atoms with Crippen molar-refractivity contribution in [1.82, 2.24) is 9.97 Å². The largest absolute Gasteiger partial charge is 0.449 e. The average Bonchev–Trinajstić information content (AvgIpc) is 2.67. The number of hydrogen-bond acceptors (Lipinski definition) is 5. The number of hydrogen-bond donors (Lipinski definition) is 0. The summed E-state index contributed by atoms with van der Waals surface area (Å²) in [5.74, 6) is -0.437. The molecule has 2 unspecified atom stereocenters. The van der Waals surface area contributed by atoms with Gasteiger partial charge in [0, 0.05) is 18.0 Å².